The summed E-state index contributed by atoms with van der Waals surface area (Å²) in [6, 6.07) is 9.77. The molecule has 1 heterocycles. The summed E-state index contributed by atoms with van der Waals surface area (Å²) >= 11 is 0. The Bertz CT molecular complexity index is 478. The molecule has 3 heteroatoms. The standard InChI is InChI=1S/C15H20N2O/c1-3-7-14-16-10-11-17(14)12(2)15(18)13-8-5-4-6-9-13/h4-6,8-12,15,18H,3,7H2,1-2H3. The first-order chi connectivity index (χ1) is 8.74. The number of aryl methyl sites for hydroxylation is 1. The Morgan fingerprint density at radius 1 is 1.28 bits per heavy atom. The van der Waals surface area contributed by atoms with Crippen LogP contribution in [-0.2, 0) is 6.42 Å². The molecule has 0 aliphatic heterocycles. The minimum absolute atomic E-state index is 0.00329. The molecule has 1 N–H and O–H groups in total. The number of rotatable bonds is 5. The van der Waals surface area contributed by atoms with E-state index in [0.717, 1.165) is 24.2 Å². The van der Waals surface area contributed by atoms with Gasteiger partial charge in [-0.3, -0.25) is 0 Å². The molecule has 2 rings (SSSR count). The predicted octanol–water partition coefficient (Wildman–Crippen LogP) is 3.13. The zero-order valence-corrected chi connectivity index (χ0v) is 11.0. The monoisotopic (exact) mass is 244 g/mol. The fourth-order valence-electron chi connectivity index (χ4n) is 2.21. The first-order valence-electron chi connectivity index (χ1n) is 6.48. The fourth-order valence-corrected chi connectivity index (χ4v) is 2.21. The third kappa shape index (κ3) is 2.62. The van der Waals surface area contributed by atoms with Crippen LogP contribution >= 0.6 is 0 Å². The van der Waals surface area contributed by atoms with Gasteiger partial charge in [0.15, 0.2) is 0 Å². The molecule has 0 saturated heterocycles. The summed E-state index contributed by atoms with van der Waals surface area (Å²) in [6.07, 6.45) is 5.25. The normalized spacial score (nSPS) is 14.4. The first-order valence-corrected chi connectivity index (χ1v) is 6.48. The SMILES string of the molecule is CCCc1nccn1C(C)C(O)c1ccccc1. The zero-order chi connectivity index (χ0) is 13.0. The predicted molar refractivity (Wildman–Crippen MR) is 72.3 cm³/mol. The largest absolute Gasteiger partial charge is 0.386 e. The van der Waals surface area contributed by atoms with Gasteiger partial charge in [-0.25, -0.2) is 4.98 Å². The molecule has 0 amide bonds. The van der Waals surface area contributed by atoms with Crippen LogP contribution in [0.2, 0.25) is 0 Å². The van der Waals surface area contributed by atoms with E-state index in [1.807, 2.05) is 43.5 Å². The van der Waals surface area contributed by atoms with Crippen molar-refractivity contribution in [3.8, 4) is 0 Å². The minimum atomic E-state index is -0.504. The summed E-state index contributed by atoms with van der Waals surface area (Å²) < 4.78 is 2.07. The minimum Gasteiger partial charge on any atom is -0.386 e. The number of benzene rings is 1. The first kappa shape index (κ1) is 12.8. The van der Waals surface area contributed by atoms with Crippen LogP contribution in [0.3, 0.4) is 0 Å². The van der Waals surface area contributed by atoms with Crippen LogP contribution < -0.4 is 0 Å². The molecule has 3 nitrogen and oxygen atoms in total. The molecule has 18 heavy (non-hydrogen) atoms. The molecular formula is C15H20N2O. The van der Waals surface area contributed by atoms with Gasteiger partial charge in [-0.2, -0.15) is 0 Å². The lowest BCUT2D eigenvalue weighted by Gasteiger charge is -2.22. The lowest BCUT2D eigenvalue weighted by Crippen LogP contribution is -2.16. The van der Waals surface area contributed by atoms with Gasteiger partial charge in [-0.15, -0.1) is 0 Å². The lowest BCUT2D eigenvalue weighted by molar-refractivity contribution is 0.120. The van der Waals surface area contributed by atoms with Gasteiger partial charge in [0.25, 0.3) is 0 Å². The summed E-state index contributed by atoms with van der Waals surface area (Å²) in [5, 5.41) is 10.4. The molecule has 1 aromatic heterocycles. The van der Waals surface area contributed by atoms with Crippen LogP contribution in [0.15, 0.2) is 42.7 Å². The number of imidazole rings is 1. The quantitative estimate of drug-likeness (QED) is 0.877. The highest BCUT2D eigenvalue weighted by molar-refractivity contribution is 5.18. The van der Waals surface area contributed by atoms with E-state index < -0.39 is 6.10 Å². The maximum atomic E-state index is 10.4. The van der Waals surface area contributed by atoms with Crippen molar-refractivity contribution in [3.05, 3.63) is 54.1 Å². The van der Waals surface area contributed by atoms with Gasteiger partial charge >= 0.3 is 0 Å². The second-order valence-electron chi connectivity index (χ2n) is 4.60. The topological polar surface area (TPSA) is 38.0 Å². The second-order valence-corrected chi connectivity index (χ2v) is 4.60. The second kappa shape index (κ2) is 5.83. The molecule has 96 valence electrons. The average molecular weight is 244 g/mol. The molecule has 0 bridgehead atoms. The van der Waals surface area contributed by atoms with Crippen molar-refractivity contribution < 1.29 is 5.11 Å². The Kier molecular flexibility index (Phi) is 4.15. The molecule has 0 radical (unpaired) electrons. The van der Waals surface area contributed by atoms with E-state index in [1.54, 1.807) is 6.20 Å². The molecular weight excluding hydrogens is 224 g/mol. The average Bonchev–Trinajstić information content (AvgIpc) is 2.87. The molecule has 0 spiro atoms. The summed E-state index contributed by atoms with van der Waals surface area (Å²) in [6.45, 7) is 4.16. The molecule has 2 unspecified atom stereocenters. The smallest absolute Gasteiger partial charge is 0.108 e. The van der Waals surface area contributed by atoms with Crippen molar-refractivity contribution in [2.75, 3.05) is 0 Å². The van der Waals surface area contributed by atoms with Crippen molar-refractivity contribution in [2.24, 2.45) is 0 Å². The number of hydrogen-bond acceptors (Lipinski definition) is 2. The Morgan fingerprint density at radius 2 is 2.00 bits per heavy atom. The zero-order valence-electron chi connectivity index (χ0n) is 11.0. The molecule has 0 saturated carbocycles. The molecule has 2 atom stereocenters. The van der Waals surface area contributed by atoms with E-state index >= 15 is 0 Å². The third-order valence-corrected chi connectivity index (χ3v) is 3.26. The lowest BCUT2D eigenvalue weighted by atomic mass is 10.0. The van der Waals surface area contributed by atoms with E-state index in [2.05, 4.69) is 16.5 Å². The van der Waals surface area contributed by atoms with Crippen LogP contribution in [0.5, 0.6) is 0 Å². The number of aromatic nitrogens is 2. The summed E-state index contributed by atoms with van der Waals surface area (Å²) in [5.74, 6) is 1.04. The van der Waals surface area contributed by atoms with E-state index in [1.165, 1.54) is 0 Å². The highest BCUT2D eigenvalue weighted by atomic mass is 16.3. The van der Waals surface area contributed by atoms with Crippen LogP contribution in [0.25, 0.3) is 0 Å². The maximum Gasteiger partial charge on any atom is 0.108 e. The van der Waals surface area contributed by atoms with Crippen molar-refractivity contribution in [1.29, 1.82) is 0 Å². The molecule has 1 aromatic carbocycles. The van der Waals surface area contributed by atoms with Crippen molar-refractivity contribution in [2.45, 2.75) is 38.8 Å². The van der Waals surface area contributed by atoms with Gasteiger partial charge in [0.2, 0.25) is 0 Å². The van der Waals surface area contributed by atoms with Crippen molar-refractivity contribution >= 4 is 0 Å². The third-order valence-electron chi connectivity index (χ3n) is 3.26. The molecule has 0 aliphatic rings. The van der Waals surface area contributed by atoms with Gasteiger partial charge < -0.3 is 9.67 Å². The summed E-state index contributed by atoms with van der Waals surface area (Å²) in [4.78, 5) is 4.35. The molecule has 0 aliphatic carbocycles. The highest BCUT2D eigenvalue weighted by Crippen LogP contribution is 2.26. The van der Waals surface area contributed by atoms with Crippen molar-refractivity contribution in [1.82, 2.24) is 9.55 Å². The maximum absolute atomic E-state index is 10.4. The Labute approximate surface area is 108 Å². The van der Waals surface area contributed by atoms with Gasteiger partial charge in [-0.05, 0) is 18.9 Å². The number of nitrogens with zero attached hydrogens (tertiary/aromatic N) is 2. The Morgan fingerprint density at radius 3 is 2.67 bits per heavy atom. The Hall–Kier alpha value is -1.61. The van der Waals surface area contributed by atoms with Gasteiger partial charge in [0, 0.05) is 18.8 Å². The summed E-state index contributed by atoms with van der Waals surface area (Å²) in [5.41, 5.74) is 0.946. The van der Waals surface area contributed by atoms with E-state index in [9.17, 15) is 5.11 Å². The van der Waals surface area contributed by atoms with Crippen LogP contribution in [0.4, 0.5) is 0 Å². The number of aliphatic hydroxyl groups excluding tert-OH is 1. The van der Waals surface area contributed by atoms with Gasteiger partial charge in [0.1, 0.15) is 5.82 Å². The number of hydrogen-bond donors (Lipinski definition) is 1. The molecule has 2 aromatic rings. The van der Waals surface area contributed by atoms with Crippen molar-refractivity contribution in [3.63, 3.8) is 0 Å². The van der Waals surface area contributed by atoms with Gasteiger partial charge in [0.05, 0.1) is 12.1 Å². The van der Waals surface area contributed by atoms with E-state index in [-0.39, 0.29) is 6.04 Å². The van der Waals surface area contributed by atoms with E-state index in [0.29, 0.717) is 0 Å². The van der Waals surface area contributed by atoms with Crippen LogP contribution in [0, 0.1) is 0 Å². The highest BCUT2D eigenvalue weighted by Gasteiger charge is 2.19. The number of aliphatic hydroxyl groups is 1. The van der Waals surface area contributed by atoms with Crippen LogP contribution in [-0.4, -0.2) is 14.7 Å². The van der Waals surface area contributed by atoms with E-state index in [4.69, 9.17) is 0 Å². The van der Waals surface area contributed by atoms with Crippen LogP contribution in [0.1, 0.15) is 43.8 Å². The molecule has 0 fully saturated rings. The fraction of sp³-hybridized carbons (Fsp3) is 0.400. The Balaban J connectivity index is 2.20. The van der Waals surface area contributed by atoms with Gasteiger partial charge in [-0.1, -0.05) is 37.3 Å². The summed E-state index contributed by atoms with van der Waals surface area (Å²) in [7, 11) is 0.